The van der Waals surface area contributed by atoms with Crippen molar-refractivity contribution < 1.29 is 66.1 Å². The van der Waals surface area contributed by atoms with Gasteiger partial charge in [-0.1, -0.05) is 19.8 Å². The molecule has 0 aliphatic heterocycles. The molecular formula is C16H19KO3-2. The normalized spacial score (nSPS) is 14.4. The van der Waals surface area contributed by atoms with E-state index in [0.29, 0.717) is 5.56 Å². The number of aliphatic carboxylic acids is 1. The molecule has 1 fully saturated rings. The molecule has 0 atom stereocenters. The molecule has 3 nitrogen and oxygen atoms in total. The van der Waals surface area contributed by atoms with Crippen molar-refractivity contribution in [3.05, 3.63) is 48.2 Å². The van der Waals surface area contributed by atoms with Crippen molar-refractivity contribution in [1.29, 1.82) is 0 Å². The third kappa shape index (κ3) is 6.55. The van der Waals surface area contributed by atoms with Gasteiger partial charge < -0.3 is 16.3 Å². The summed E-state index contributed by atoms with van der Waals surface area (Å²) in [4.78, 5) is 20.6. The Labute approximate surface area is 163 Å². The molecule has 0 spiro atoms. The van der Waals surface area contributed by atoms with E-state index in [4.69, 9.17) is 5.11 Å². The van der Waals surface area contributed by atoms with Gasteiger partial charge in [-0.3, -0.25) is 22.8 Å². The maximum atomic E-state index is 10.3. The van der Waals surface area contributed by atoms with Gasteiger partial charge in [0.15, 0.2) is 0 Å². The molecule has 1 aromatic rings. The van der Waals surface area contributed by atoms with E-state index in [1.54, 1.807) is 6.07 Å². The van der Waals surface area contributed by atoms with Crippen LogP contribution in [0.5, 0.6) is 0 Å². The average molecular weight is 298 g/mol. The fourth-order valence-corrected chi connectivity index (χ4v) is 1.97. The van der Waals surface area contributed by atoms with E-state index in [2.05, 4.69) is 13.3 Å². The molecule has 4 heteroatoms. The molecule has 0 saturated heterocycles. The number of aryl methyl sites for hydroxylation is 1. The van der Waals surface area contributed by atoms with Crippen molar-refractivity contribution in [2.45, 2.75) is 32.6 Å². The molecule has 1 aliphatic rings. The summed E-state index contributed by atoms with van der Waals surface area (Å²) in [6, 6.07) is 5.45. The third-order valence-corrected chi connectivity index (χ3v) is 3.31. The molecule has 0 radical (unpaired) electrons. The fourth-order valence-electron chi connectivity index (χ4n) is 1.97. The van der Waals surface area contributed by atoms with Crippen LogP contribution in [0.1, 0.15) is 42.4 Å². The Bertz CT molecular complexity index is 437. The Hall–Kier alpha value is -0.134. The smallest absolute Gasteiger partial charge is 0.481 e. The van der Waals surface area contributed by atoms with Gasteiger partial charge in [-0.25, -0.2) is 11.6 Å². The SMILES string of the molecule is O=C(O)C1CC[CH-]CC1.[CH2-]c1c(C)cccc1[C-]=O.[K+]. The van der Waals surface area contributed by atoms with E-state index in [-0.39, 0.29) is 57.3 Å². The van der Waals surface area contributed by atoms with Crippen LogP contribution in [-0.4, -0.2) is 17.4 Å². The number of rotatable bonds is 2. The summed E-state index contributed by atoms with van der Waals surface area (Å²) >= 11 is 0. The molecule has 1 aliphatic carbocycles. The van der Waals surface area contributed by atoms with E-state index in [0.717, 1.165) is 36.8 Å². The summed E-state index contributed by atoms with van der Waals surface area (Å²) in [6.45, 7) is 5.65. The Morgan fingerprint density at radius 2 is 2.00 bits per heavy atom. The van der Waals surface area contributed by atoms with Crippen LogP contribution in [0.2, 0.25) is 0 Å². The van der Waals surface area contributed by atoms with Crippen LogP contribution in [0.15, 0.2) is 18.2 Å². The maximum Gasteiger partial charge on any atom is 1.00 e. The molecule has 1 saturated carbocycles. The van der Waals surface area contributed by atoms with Gasteiger partial charge in [0.1, 0.15) is 0 Å². The zero-order valence-electron chi connectivity index (χ0n) is 12.2. The van der Waals surface area contributed by atoms with E-state index >= 15 is 0 Å². The van der Waals surface area contributed by atoms with Crippen LogP contribution < -0.4 is 51.4 Å². The van der Waals surface area contributed by atoms with E-state index in [1.807, 2.05) is 25.3 Å². The molecular weight excluding hydrogens is 279 g/mol. The quantitative estimate of drug-likeness (QED) is 0.622. The number of carboxylic acids is 1. The number of benzene rings is 1. The zero-order chi connectivity index (χ0) is 14.3. The molecule has 0 amide bonds. The van der Waals surface area contributed by atoms with Gasteiger partial charge in [-0.2, -0.15) is 12.8 Å². The molecule has 0 unspecified atom stereocenters. The van der Waals surface area contributed by atoms with Crippen LogP contribution in [0, 0.1) is 26.2 Å². The standard InChI is InChI=1S/C9H8O.C7H11O2.K/c1-7-4-3-5-9(6-10)8(7)2;8-7(9)6-4-2-1-3-5-6;/h3-5H,2H2,1H3;1,6H,2-5H2,(H,8,9);/q-2;-1;+1. The van der Waals surface area contributed by atoms with Crippen molar-refractivity contribution in [2.75, 3.05) is 0 Å². The van der Waals surface area contributed by atoms with Crippen molar-refractivity contribution in [3.63, 3.8) is 0 Å². The Morgan fingerprint density at radius 1 is 1.40 bits per heavy atom. The first-order valence-electron chi connectivity index (χ1n) is 6.40. The first-order chi connectivity index (χ1) is 9.06. The van der Waals surface area contributed by atoms with Gasteiger partial charge in [-0.15, -0.1) is 12.1 Å². The summed E-state index contributed by atoms with van der Waals surface area (Å²) < 4.78 is 0. The topological polar surface area (TPSA) is 54.4 Å². The van der Waals surface area contributed by atoms with Gasteiger partial charge in [-0.05, 0) is 6.29 Å². The molecule has 0 aromatic heterocycles. The van der Waals surface area contributed by atoms with E-state index < -0.39 is 5.97 Å². The van der Waals surface area contributed by atoms with Crippen LogP contribution in [0.4, 0.5) is 0 Å². The predicted octanol–water partition coefficient (Wildman–Crippen LogP) is 0.105. The minimum absolute atomic E-state index is 0. The molecule has 0 heterocycles. The second-order valence-electron chi connectivity index (χ2n) is 4.68. The zero-order valence-corrected chi connectivity index (χ0v) is 15.3. The van der Waals surface area contributed by atoms with Crippen LogP contribution in [-0.2, 0) is 9.59 Å². The van der Waals surface area contributed by atoms with Crippen LogP contribution in [0.25, 0.3) is 0 Å². The van der Waals surface area contributed by atoms with E-state index in [9.17, 15) is 9.59 Å². The molecule has 20 heavy (non-hydrogen) atoms. The van der Waals surface area contributed by atoms with Gasteiger partial charge in [0.05, 0.1) is 5.92 Å². The maximum absolute atomic E-state index is 10.3. The minimum Gasteiger partial charge on any atom is -0.481 e. The summed E-state index contributed by atoms with van der Waals surface area (Å²) in [5.74, 6) is -0.682. The predicted molar refractivity (Wildman–Crippen MR) is 74.3 cm³/mol. The minimum atomic E-state index is -0.622. The van der Waals surface area contributed by atoms with Gasteiger partial charge >= 0.3 is 57.4 Å². The third-order valence-electron chi connectivity index (χ3n) is 3.31. The Kier molecular flexibility index (Phi) is 10.5. The number of carbonyl (C=O) groups excluding carboxylic acids is 1. The fraction of sp³-hybridized carbons (Fsp3) is 0.375. The van der Waals surface area contributed by atoms with Crippen molar-refractivity contribution in [2.24, 2.45) is 5.92 Å². The largest absolute Gasteiger partial charge is 1.00 e. The average Bonchev–Trinajstić information content (AvgIpc) is 2.43. The van der Waals surface area contributed by atoms with Crippen LogP contribution >= 0.6 is 0 Å². The number of hydrogen-bond acceptors (Lipinski definition) is 2. The number of carbonyl (C=O) groups is 1. The first kappa shape index (κ1) is 19.9. The first-order valence-corrected chi connectivity index (χ1v) is 6.40. The number of carboxylic acid groups (broad SMARTS) is 1. The molecule has 0 bridgehead atoms. The van der Waals surface area contributed by atoms with Crippen molar-refractivity contribution in [1.82, 2.24) is 0 Å². The number of hydrogen-bond donors (Lipinski definition) is 1. The Balaban J connectivity index is 0.000000345. The Morgan fingerprint density at radius 3 is 2.40 bits per heavy atom. The van der Waals surface area contributed by atoms with Gasteiger partial charge in [0.25, 0.3) is 0 Å². The molecule has 2 rings (SSSR count). The monoisotopic (exact) mass is 298 g/mol. The molecule has 1 N–H and O–H groups in total. The molecule has 104 valence electrons. The van der Waals surface area contributed by atoms with Gasteiger partial charge in [0.2, 0.25) is 0 Å². The summed E-state index contributed by atoms with van der Waals surface area (Å²) in [7, 11) is 0. The summed E-state index contributed by atoms with van der Waals surface area (Å²) in [6.07, 6.45) is 7.64. The van der Waals surface area contributed by atoms with Crippen molar-refractivity contribution in [3.8, 4) is 0 Å². The van der Waals surface area contributed by atoms with Gasteiger partial charge in [0, 0.05) is 0 Å². The van der Waals surface area contributed by atoms with Crippen molar-refractivity contribution >= 4 is 12.3 Å². The summed E-state index contributed by atoms with van der Waals surface area (Å²) in [5, 5.41) is 8.52. The second kappa shape index (κ2) is 10.6. The van der Waals surface area contributed by atoms with Crippen LogP contribution in [0.3, 0.4) is 0 Å². The molecule has 1 aromatic carbocycles. The second-order valence-corrected chi connectivity index (χ2v) is 4.68. The van der Waals surface area contributed by atoms with E-state index in [1.165, 1.54) is 0 Å². The summed E-state index contributed by atoms with van der Waals surface area (Å²) in [5.41, 5.74) is 2.36.